The van der Waals surface area contributed by atoms with E-state index in [0.717, 1.165) is 12.1 Å². The van der Waals surface area contributed by atoms with Crippen LogP contribution in [-0.2, 0) is 0 Å². The molecule has 1 rings (SSSR count). The van der Waals surface area contributed by atoms with Gasteiger partial charge >= 0.3 is 0 Å². The van der Waals surface area contributed by atoms with Crippen LogP contribution >= 0.6 is 0 Å². The maximum absolute atomic E-state index is 4.02. The zero-order valence-electron chi connectivity index (χ0n) is 5.46. The lowest BCUT2D eigenvalue weighted by atomic mass is 10.3. The molecule has 1 aliphatic rings. The Morgan fingerprint density at radius 3 is 3.44 bits per heavy atom. The highest BCUT2D eigenvalue weighted by Gasteiger charge is 1.77. The van der Waals surface area contributed by atoms with E-state index in [0.29, 0.717) is 0 Å². The second-order valence-corrected chi connectivity index (χ2v) is 1.90. The van der Waals surface area contributed by atoms with Gasteiger partial charge in [-0.05, 0) is 24.6 Å². The summed E-state index contributed by atoms with van der Waals surface area (Å²) < 4.78 is 0. The maximum Gasteiger partial charge on any atom is 0.0644 e. The van der Waals surface area contributed by atoms with Crippen molar-refractivity contribution in [2.24, 2.45) is 4.99 Å². The number of rotatable bonds is 0. The highest BCUT2D eigenvalue weighted by atomic mass is 14.7. The topological polar surface area (TPSA) is 12.4 Å². The van der Waals surface area contributed by atoms with Crippen molar-refractivity contribution in [2.45, 2.75) is 6.92 Å². The molecule has 46 valence electrons. The number of nitrogens with zero attached hydrogens (tertiary/aromatic N) is 1. The first kappa shape index (κ1) is 6.06. The molecule has 0 bridgehead atoms. The average molecular weight is 119 g/mol. The second kappa shape index (κ2) is 3.06. The summed E-state index contributed by atoms with van der Waals surface area (Å²) in [6.07, 6.45) is 7.64. The van der Waals surface area contributed by atoms with Crippen molar-refractivity contribution in [3.05, 3.63) is 29.5 Å². The summed E-state index contributed by atoms with van der Waals surface area (Å²) in [6, 6.07) is 0. The fourth-order valence-electron chi connectivity index (χ4n) is 0.617. The molecular weight excluding hydrogens is 110 g/mol. The molecule has 1 heterocycles. The van der Waals surface area contributed by atoms with E-state index in [1.54, 1.807) is 6.21 Å². The van der Waals surface area contributed by atoms with Gasteiger partial charge in [-0.15, -0.1) is 5.73 Å². The lowest BCUT2D eigenvalue weighted by molar-refractivity contribution is 1.25. The van der Waals surface area contributed by atoms with E-state index in [9.17, 15) is 0 Å². The Morgan fingerprint density at radius 2 is 2.56 bits per heavy atom. The maximum atomic E-state index is 4.02. The molecule has 9 heavy (non-hydrogen) atoms. The molecule has 1 heteroatoms. The third kappa shape index (κ3) is 2.11. The zero-order chi connectivity index (χ0) is 6.53. The van der Waals surface area contributed by atoms with Gasteiger partial charge in [0.15, 0.2) is 0 Å². The summed E-state index contributed by atoms with van der Waals surface area (Å²) in [5.41, 5.74) is 4.23. The van der Waals surface area contributed by atoms with Crippen LogP contribution in [-0.4, -0.2) is 12.8 Å². The van der Waals surface area contributed by atoms with Gasteiger partial charge in [-0.25, -0.2) is 0 Å². The molecule has 0 amide bonds. The van der Waals surface area contributed by atoms with E-state index < -0.39 is 0 Å². The van der Waals surface area contributed by atoms with Gasteiger partial charge < -0.3 is 0 Å². The third-order valence-corrected chi connectivity index (χ3v) is 1.06. The average Bonchev–Trinajstić information content (AvgIpc) is 1.79. The Bertz CT molecular complexity index is 203. The molecule has 0 N–H and O–H groups in total. The van der Waals surface area contributed by atoms with Crippen LogP contribution in [0.5, 0.6) is 0 Å². The van der Waals surface area contributed by atoms with Crippen LogP contribution in [0.4, 0.5) is 0 Å². The van der Waals surface area contributed by atoms with Gasteiger partial charge in [-0.2, -0.15) is 0 Å². The number of hydrogen-bond donors (Lipinski definition) is 0. The molecule has 0 aliphatic carbocycles. The van der Waals surface area contributed by atoms with Gasteiger partial charge in [-0.1, -0.05) is 6.08 Å². The lowest BCUT2D eigenvalue weighted by Crippen LogP contribution is -1.76. The van der Waals surface area contributed by atoms with Crippen LogP contribution in [0.25, 0.3) is 0 Å². The van der Waals surface area contributed by atoms with Crippen LogP contribution in [0.1, 0.15) is 6.92 Å². The van der Waals surface area contributed by atoms with Gasteiger partial charge in [0, 0.05) is 6.21 Å². The first-order chi connectivity index (χ1) is 4.39. The Balaban J connectivity index is 2.82. The molecule has 1 aliphatic heterocycles. The fraction of sp³-hybridized carbons (Fsp3) is 0.250. The van der Waals surface area contributed by atoms with E-state index in [-0.39, 0.29) is 0 Å². The van der Waals surface area contributed by atoms with E-state index in [2.05, 4.69) is 10.7 Å². The molecule has 1 nitrogen and oxygen atoms in total. The molecule has 0 radical (unpaired) electrons. The van der Waals surface area contributed by atoms with Gasteiger partial charge in [0.25, 0.3) is 0 Å². The number of hydrogen-bond acceptors (Lipinski definition) is 1. The minimum Gasteiger partial charge on any atom is -0.288 e. The Kier molecular flexibility index (Phi) is 2.06. The Hall–Kier alpha value is -1.07. The number of allylic oxidation sites excluding steroid dienone is 2. The highest BCUT2D eigenvalue weighted by molar-refractivity contribution is 5.72. The molecule has 0 unspecified atom stereocenters. The third-order valence-electron chi connectivity index (χ3n) is 1.06. The molecule has 0 aromatic rings. The monoisotopic (exact) mass is 119 g/mol. The fourth-order valence-corrected chi connectivity index (χ4v) is 0.617. The summed E-state index contributed by atoms with van der Waals surface area (Å²) >= 11 is 0. The van der Waals surface area contributed by atoms with Crippen LogP contribution < -0.4 is 0 Å². The SMILES string of the molecule is CC1=C=CCN=CC=C1. The van der Waals surface area contributed by atoms with E-state index in [1.165, 1.54) is 0 Å². The second-order valence-electron chi connectivity index (χ2n) is 1.90. The van der Waals surface area contributed by atoms with Crippen LogP contribution in [0.2, 0.25) is 0 Å². The van der Waals surface area contributed by atoms with Crippen molar-refractivity contribution in [2.75, 3.05) is 6.54 Å². The highest BCUT2D eigenvalue weighted by Crippen LogP contribution is 1.92. The van der Waals surface area contributed by atoms with Crippen LogP contribution in [0, 0.1) is 0 Å². The number of aliphatic imine (C=N–C) groups is 1. The smallest absolute Gasteiger partial charge is 0.0644 e. The van der Waals surface area contributed by atoms with E-state index in [1.807, 2.05) is 25.2 Å². The predicted molar refractivity (Wildman–Crippen MR) is 39.8 cm³/mol. The molecule has 0 atom stereocenters. The molecule has 0 aromatic carbocycles. The van der Waals surface area contributed by atoms with Crippen LogP contribution in [0.15, 0.2) is 34.5 Å². The normalized spacial score (nSPS) is 16.8. The first-order valence-corrected chi connectivity index (χ1v) is 2.98. The standard InChI is InChI=1S/C8H9N/c1-8-4-2-6-9-7-3-5-8/h2-4,6H,7H2,1H3. The van der Waals surface area contributed by atoms with E-state index >= 15 is 0 Å². The summed E-state index contributed by atoms with van der Waals surface area (Å²) in [5.74, 6) is 0. The van der Waals surface area contributed by atoms with Gasteiger partial charge in [0.2, 0.25) is 0 Å². The van der Waals surface area contributed by atoms with Gasteiger partial charge in [0.05, 0.1) is 6.54 Å². The summed E-state index contributed by atoms with van der Waals surface area (Å²) in [4.78, 5) is 4.02. The lowest BCUT2D eigenvalue weighted by Gasteiger charge is -1.86. The van der Waals surface area contributed by atoms with Gasteiger partial charge in [-0.3, -0.25) is 4.99 Å². The molecule has 0 fully saturated rings. The summed E-state index contributed by atoms with van der Waals surface area (Å²) in [7, 11) is 0. The van der Waals surface area contributed by atoms with Crippen molar-refractivity contribution >= 4 is 6.21 Å². The Labute approximate surface area is 55.1 Å². The molecular formula is C8H9N. The van der Waals surface area contributed by atoms with Crippen molar-refractivity contribution in [1.29, 1.82) is 0 Å². The quantitative estimate of drug-likeness (QED) is 0.430. The summed E-state index contributed by atoms with van der Waals surface area (Å²) in [6.45, 7) is 2.77. The predicted octanol–water partition coefficient (Wildman–Crippen LogP) is 1.73. The van der Waals surface area contributed by atoms with Crippen LogP contribution in [0.3, 0.4) is 0 Å². The molecule has 0 spiro atoms. The Morgan fingerprint density at radius 1 is 1.67 bits per heavy atom. The largest absolute Gasteiger partial charge is 0.288 e. The van der Waals surface area contributed by atoms with Crippen molar-refractivity contribution < 1.29 is 0 Å². The van der Waals surface area contributed by atoms with Gasteiger partial charge in [0.1, 0.15) is 0 Å². The van der Waals surface area contributed by atoms with Crippen molar-refractivity contribution in [3.8, 4) is 0 Å². The first-order valence-electron chi connectivity index (χ1n) is 2.98. The molecule has 0 saturated heterocycles. The molecule has 0 aromatic heterocycles. The minimum absolute atomic E-state index is 0.752. The van der Waals surface area contributed by atoms with E-state index in [4.69, 9.17) is 0 Å². The van der Waals surface area contributed by atoms with Crippen molar-refractivity contribution in [1.82, 2.24) is 0 Å². The summed E-state index contributed by atoms with van der Waals surface area (Å²) in [5, 5.41) is 0. The minimum atomic E-state index is 0.752. The molecule has 0 saturated carbocycles. The zero-order valence-corrected chi connectivity index (χ0v) is 5.46. The van der Waals surface area contributed by atoms with Crippen molar-refractivity contribution in [3.63, 3.8) is 0 Å².